The molecule has 0 bridgehead atoms. The molecule has 2 rings (SSSR count). The van der Waals surface area contributed by atoms with Crippen LogP contribution in [0.3, 0.4) is 0 Å². The SMILES string of the molecule is COC1(C)CN(C(=O)CCc2ccc(N)c(F)c2)C1. The van der Waals surface area contributed by atoms with Gasteiger partial charge in [-0.2, -0.15) is 0 Å². The summed E-state index contributed by atoms with van der Waals surface area (Å²) in [6.07, 6.45) is 0.902. The number of ether oxygens (including phenoxy) is 1. The molecule has 0 spiro atoms. The highest BCUT2D eigenvalue weighted by atomic mass is 19.1. The number of anilines is 1. The average Bonchev–Trinajstić information content (AvgIpc) is 2.36. The van der Waals surface area contributed by atoms with Gasteiger partial charge in [-0.15, -0.1) is 0 Å². The van der Waals surface area contributed by atoms with Gasteiger partial charge in [-0.1, -0.05) is 6.07 Å². The fraction of sp³-hybridized carbons (Fsp3) is 0.500. The van der Waals surface area contributed by atoms with Gasteiger partial charge in [0.15, 0.2) is 0 Å². The lowest BCUT2D eigenvalue weighted by molar-refractivity contribution is -0.157. The molecule has 0 atom stereocenters. The van der Waals surface area contributed by atoms with Crippen LogP contribution >= 0.6 is 0 Å². The minimum atomic E-state index is -0.430. The molecule has 104 valence electrons. The van der Waals surface area contributed by atoms with Crippen molar-refractivity contribution in [3.63, 3.8) is 0 Å². The number of rotatable bonds is 4. The third-order valence-corrected chi connectivity index (χ3v) is 3.59. The monoisotopic (exact) mass is 266 g/mol. The molecule has 0 aromatic heterocycles. The number of methoxy groups -OCH3 is 1. The third-order valence-electron chi connectivity index (χ3n) is 3.59. The second-order valence-electron chi connectivity index (χ2n) is 5.26. The Morgan fingerprint density at radius 1 is 1.53 bits per heavy atom. The van der Waals surface area contributed by atoms with Gasteiger partial charge in [0.05, 0.1) is 24.4 Å². The molecule has 5 heteroatoms. The number of nitrogens with zero attached hydrogens (tertiary/aromatic N) is 1. The molecule has 1 heterocycles. The number of aryl methyl sites for hydroxylation is 1. The fourth-order valence-corrected chi connectivity index (χ4v) is 2.20. The molecule has 0 saturated carbocycles. The van der Waals surface area contributed by atoms with Crippen LogP contribution in [0.15, 0.2) is 18.2 Å². The zero-order chi connectivity index (χ0) is 14.0. The number of carbonyl (C=O) groups is 1. The number of benzene rings is 1. The highest BCUT2D eigenvalue weighted by Gasteiger charge is 2.40. The van der Waals surface area contributed by atoms with E-state index in [-0.39, 0.29) is 17.2 Å². The predicted molar refractivity (Wildman–Crippen MR) is 71.1 cm³/mol. The molecular weight excluding hydrogens is 247 g/mol. The Morgan fingerprint density at radius 2 is 2.21 bits per heavy atom. The van der Waals surface area contributed by atoms with Crippen molar-refractivity contribution in [1.29, 1.82) is 0 Å². The summed E-state index contributed by atoms with van der Waals surface area (Å²) in [6.45, 7) is 3.23. The summed E-state index contributed by atoms with van der Waals surface area (Å²) in [7, 11) is 1.65. The van der Waals surface area contributed by atoms with Crippen molar-refractivity contribution in [2.45, 2.75) is 25.4 Å². The van der Waals surface area contributed by atoms with E-state index in [2.05, 4.69) is 0 Å². The number of amides is 1. The van der Waals surface area contributed by atoms with Gasteiger partial charge < -0.3 is 15.4 Å². The van der Waals surface area contributed by atoms with E-state index in [1.807, 2.05) is 6.92 Å². The minimum Gasteiger partial charge on any atom is -0.396 e. The van der Waals surface area contributed by atoms with Crippen LogP contribution in [0.2, 0.25) is 0 Å². The predicted octanol–water partition coefficient (Wildman–Crippen LogP) is 1.59. The van der Waals surface area contributed by atoms with Gasteiger partial charge in [0.2, 0.25) is 5.91 Å². The van der Waals surface area contributed by atoms with Crippen LogP contribution in [0.5, 0.6) is 0 Å². The van der Waals surface area contributed by atoms with Crippen molar-refractivity contribution in [2.24, 2.45) is 0 Å². The summed E-state index contributed by atoms with van der Waals surface area (Å²) in [6, 6.07) is 4.67. The minimum absolute atomic E-state index is 0.0757. The van der Waals surface area contributed by atoms with E-state index in [1.165, 1.54) is 12.1 Å². The Bertz CT molecular complexity index is 484. The van der Waals surface area contributed by atoms with Gasteiger partial charge in [-0.3, -0.25) is 4.79 Å². The van der Waals surface area contributed by atoms with Crippen LogP contribution in [0.1, 0.15) is 18.9 Å². The molecule has 1 aliphatic heterocycles. The zero-order valence-electron chi connectivity index (χ0n) is 11.3. The van der Waals surface area contributed by atoms with Crippen molar-refractivity contribution >= 4 is 11.6 Å². The lowest BCUT2D eigenvalue weighted by Crippen LogP contribution is -2.62. The lowest BCUT2D eigenvalue weighted by Gasteiger charge is -2.46. The Hall–Kier alpha value is -1.62. The van der Waals surface area contributed by atoms with Crippen LogP contribution in [0.25, 0.3) is 0 Å². The van der Waals surface area contributed by atoms with Gasteiger partial charge in [0.25, 0.3) is 0 Å². The molecule has 0 unspecified atom stereocenters. The first kappa shape index (κ1) is 13.8. The van der Waals surface area contributed by atoms with E-state index in [0.29, 0.717) is 25.9 Å². The normalized spacial score (nSPS) is 17.1. The van der Waals surface area contributed by atoms with Crippen LogP contribution in [-0.2, 0) is 16.0 Å². The van der Waals surface area contributed by atoms with Gasteiger partial charge in [-0.25, -0.2) is 4.39 Å². The molecule has 1 aliphatic rings. The number of nitrogen functional groups attached to an aromatic ring is 1. The molecule has 1 fully saturated rings. The van der Waals surface area contributed by atoms with E-state index >= 15 is 0 Å². The quantitative estimate of drug-likeness (QED) is 0.842. The molecule has 0 radical (unpaired) electrons. The standard InChI is InChI=1S/C14H19FN2O2/c1-14(19-2)8-17(9-14)13(18)6-4-10-3-5-12(16)11(15)7-10/h3,5,7H,4,6,8-9,16H2,1-2H3. The van der Waals surface area contributed by atoms with E-state index < -0.39 is 5.82 Å². The van der Waals surface area contributed by atoms with E-state index in [9.17, 15) is 9.18 Å². The number of carbonyl (C=O) groups excluding carboxylic acids is 1. The highest BCUT2D eigenvalue weighted by molar-refractivity contribution is 5.77. The summed E-state index contributed by atoms with van der Waals surface area (Å²) >= 11 is 0. The molecule has 4 nitrogen and oxygen atoms in total. The Morgan fingerprint density at radius 3 is 2.79 bits per heavy atom. The molecule has 1 amide bonds. The second kappa shape index (κ2) is 5.17. The summed E-state index contributed by atoms with van der Waals surface area (Å²) in [5, 5.41) is 0. The Balaban J connectivity index is 1.83. The molecule has 19 heavy (non-hydrogen) atoms. The highest BCUT2D eigenvalue weighted by Crippen LogP contribution is 2.24. The van der Waals surface area contributed by atoms with Crippen molar-refractivity contribution in [2.75, 3.05) is 25.9 Å². The largest absolute Gasteiger partial charge is 0.396 e. The van der Waals surface area contributed by atoms with E-state index in [1.54, 1.807) is 18.1 Å². The molecular formula is C14H19FN2O2. The Labute approximate surface area is 112 Å². The molecule has 1 aromatic carbocycles. The smallest absolute Gasteiger partial charge is 0.223 e. The van der Waals surface area contributed by atoms with Crippen molar-refractivity contribution in [3.05, 3.63) is 29.6 Å². The maximum absolute atomic E-state index is 13.3. The molecule has 1 aromatic rings. The van der Waals surface area contributed by atoms with Gasteiger partial charge in [0, 0.05) is 13.5 Å². The number of nitrogens with two attached hydrogens (primary N) is 1. The summed E-state index contributed by atoms with van der Waals surface area (Å²) < 4.78 is 18.5. The van der Waals surface area contributed by atoms with E-state index in [4.69, 9.17) is 10.5 Å². The van der Waals surface area contributed by atoms with Crippen molar-refractivity contribution in [3.8, 4) is 0 Å². The number of hydrogen-bond acceptors (Lipinski definition) is 3. The second-order valence-corrected chi connectivity index (χ2v) is 5.26. The summed E-state index contributed by atoms with van der Waals surface area (Å²) in [5.74, 6) is -0.354. The van der Waals surface area contributed by atoms with Gasteiger partial charge in [-0.05, 0) is 31.0 Å². The van der Waals surface area contributed by atoms with Gasteiger partial charge >= 0.3 is 0 Å². The maximum atomic E-state index is 13.3. The van der Waals surface area contributed by atoms with Crippen LogP contribution < -0.4 is 5.73 Å². The van der Waals surface area contributed by atoms with Crippen molar-refractivity contribution in [1.82, 2.24) is 4.90 Å². The maximum Gasteiger partial charge on any atom is 0.223 e. The molecule has 2 N–H and O–H groups in total. The summed E-state index contributed by atoms with van der Waals surface area (Å²) in [4.78, 5) is 13.7. The van der Waals surface area contributed by atoms with Gasteiger partial charge in [0.1, 0.15) is 5.82 Å². The summed E-state index contributed by atoms with van der Waals surface area (Å²) in [5.41, 5.74) is 6.12. The third kappa shape index (κ3) is 3.04. The topological polar surface area (TPSA) is 55.6 Å². The average molecular weight is 266 g/mol. The first-order valence-electron chi connectivity index (χ1n) is 6.30. The first-order chi connectivity index (χ1) is 8.93. The van der Waals surface area contributed by atoms with E-state index in [0.717, 1.165) is 5.56 Å². The van der Waals surface area contributed by atoms with Crippen LogP contribution in [-0.4, -0.2) is 36.6 Å². The Kier molecular flexibility index (Phi) is 3.75. The zero-order valence-corrected chi connectivity index (χ0v) is 11.3. The molecule has 0 aliphatic carbocycles. The first-order valence-corrected chi connectivity index (χ1v) is 6.30. The van der Waals surface area contributed by atoms with Crippen LogP contribution in [0, 0.1) is 5.82 Å². The fourth-order valence-electron chi connectivity index (χ4n) is 2.20. The lowest BCUT2D eigenvalue weighted by atomic mass is 9.95. The van der Waals surface area contributed by atoms with Crippen LogP contribution in [0.4, 0.5) is 10.1 Å². The number of likely N-dealkylation sites (tertiary alicyclic amines) is 1. The number of hydrogen-bond donors (Lipinski definition) is 1. The molecule has 1 saturated heterocycles. The number of halogens is 1. The van der Waals surface area contributed by atoms with Crippen molar-refractivity contribution < 1.29 is 13.9 Å².